The maximum absolute atomic E-state index is 12.8. The van der Waals surface area contributed by atoms with Crippen LogP contribution in [0, 0.1) is 6.92 Å². The summed E-state index contributed by atoms with van der Waals surface area (Å²) >= 11 is 0. The lowest BCUT2D eigenvalue weighted by Crippen LogP contribution is -2.45. The Kier molecular flexibility index (Phi) is 7.70. The van der Waals surface area contributed by atoms with Gasteiger partial charge in [-0.2, -0.15) is 0 Å². The molecule has 4 heterocycles. The van der Waals surface area contributed by atoms with Crippen LogP contribution in [0.4, 0.5) is 22.0 Å². The van der Waals surface area contributed by atoms with Crippen LogP contribution in [0.1, 0.15) is 43.1 Å². The summed E-state index contributed by atoms with van der Waals surface area (Å²) in [7, 11) is 0. The highest BCUT2D eigenvalue weighted by Gasteiger charge is 2.20. The predicted octanol–water partition coefficient (Wildman–Crippen LogP) is 5.23. The minimum Gasteiger partial charge on any atom is -0.378 e. The summed E-state index contributed by atoms with van der Waals surface area (Å²) in [6.07, 6.45) is 8.06. The second kappa shape index (κ2) is 11.4. The molecule has 40 heavy (non-hydrogen) atoms. The molecule has 0 atom stereocenters. The minimum atomic E-state index is -0.301. The summed E-state index contributed by atoms with van der Waals surface area (Å²) in [6, 6.07) is 11.2. The van der Waals surface area contributed by atoms with Gasteiger partial charge in [0.2, 0.25) is 0 Å². The van der Waals surface area contributed by atoms with E-state index in [1.54, 1.807) is 29.4 Å². The van der Waals surface area contributed by atoms with Gasteiger partial charge in [-0.15, -0.1) is 0 Å². The first kappa shape index (κ1) is 27.1. The highest BCUT2D eigenvalue weighted by Crippen LogP contribution is 2.32. The molecule has 10 nitrogen and oxygen atoms in total. The highest BCUT2D eigenvalue weighted by atomic mass is 16.5. The summed E-state index contributed by atoms with van der Waals surface area (Å²) in [5.41, 5.74) is 5.36. The van der Waals surface area contributed by atoms with Crippen molar-refractivity contribution in [3.8, 4) is 11.1 Å². The molecule has 0 unspecified atom stereocenters. The van der Waals surface area contributed by atoms with Gasteiger partial charge in [0.25, 0.3) is 5.91 Å². The third kappa shape index (κ3) is 5.91. The number of morpholine rings is 1. The van der Waals surface area contributed by atoms with E-state index in [0.717, 1.165) is 40.1 Å². The van der Waals surface area contributed by atoms with Crippen molar-refractivity contribution in [1.82, 2.24) is 24.6 Å². The first-order chi connectivity index (χ1) is 19.2. The first-order valence-corrected chi connectivity index (χ1v) is 13.5. The first-order valence-electron chi connectivity index (χ1n) is 13.5. The van der Waals surface area contributed by atoms with Crippen LogP contribution < -0.4 is 16.0 Å². The monoisotopic (exact) mass is 541 g/mol. The van der Waals surface area contributed by atoms with Crippen LogP contribution in [0.5, 0.6) is 0 Å². The van der Waals surface area contributed by atoms with Crippen LogP contribution >= 0.6 is 0 Å². The van der Waals surface area contributed by atoms with Gasteiger partial charge in [0.05, 0.1) is 24.5 Å². The van der Waals surface area contributed by atoms with Crippen molar-refractivity contribution in [2.75, 3.05) is 36.9 Å². The molecule has 1 fully saturated rings. The standard InChI is InChI=1S/C30H35N7O3/c1-5-30(3,4)35-29(39)34-24-8-6-7-23(20(24)2)22-17-25(27-31-11-12-37(27)19-22)33-26-10-9-21(18-32-26)28(38)36-13-15-40-16-14-36/h6-12,17-19H,5,13-16H2,1-4H3,(H,32,33)(H2,34,35,39). The molecule has 0 spiro atoms. The number of nitrogens with zero attached hydrogens (tertiary/aromatic N) is 4. The predicted molar refractivity (Wildman–Crippen MR) is 156 cm³/mol. The van der Waals surface area contributed by atoms with Crippen molar-refractivity contribution in [3.63, 3.8) is 0 Å². The number of carbonyl (C=O) groups excluding carboxylic acids is 2. The van der Waals surface area contributed by atoms with E-state index in [-0.39, 0.29) is 17.5 Å². The van der Waals surface area contributed by atoms with Gasteiger partial charge in [-0.25, -0.2) is 14.8 Å². The fourth-order valence-electron chi connectivity index (χ4n) is 4.59. The molecule has 10 heteroatoms. The molecule has 4 aromatic rings. The number of imidazole rings is 1. The van der Waals surface area contributed by atoms with E-state index in [1.165, 1.54) is 0 Å². The molecular weight excluding hydrogens is 506 g/mol. The fourth-order valence-corrected chi connectivity index (χ4v) is 4.59. The Morgan fingerprint density at radius 3 is 2.60 bits per heavy atom. The number of hydrogen-bond donors (Lipinski definition) is 3. The van der Waals surface area contributed by atoms with Gasteiger partial charge in [0, 0.05) is 54.7 Å². The average molecular weight is 542 g/mol. The van der Waals surface area contributed by atoms with Gasteiger partial charge in [0.15, 0.2) is 5.65 Å². The summed E-state index contributed by atoms with van der Waals surface area (Å²) in [5, 5.41) is 9.39. The van der Waals surface area contributed by atoms with Gasteiger partial charge in [-0.3, -0.25) is 4.79 Å². The van der Waals surface area contributed by atoms with Gasteiger partial charge in [-0.1, -0.05) is 19.1 Å². The van der Waals surface area contributed by atoms with E-state index in [0.29, 0.717) is 37.7 Å². The molecule has 1 saturated heterocycles. The number of pyridine rings is 2. The van der Waals surface area contributed by atoms with E-state index >= 15 is 0 Å². The number of aromatic nitrogens is 3. The molecule has 0 saturated carbocycles. The number of hydrogen-bond acceptors (Lipinski definition) is 6. The number of urea groups is 1. The van der Waals surface area contributed by atoms with E-state index in [9.17, 15) is 9.59 Å². The van der Waals surface area contributed by atoms with Gasteiger partial charge in [-0.05, 0) is 62.6 Å². The Bertz CT molecular complexity index is 1520. The molecular formula is C30H35N7O3. The molecule has 0 aliphatic carbocycles. The van der Waals surface area contributed by atoms with E-state index in [2.05, 4.69) is 25.9 Å². The van der Waals surface area contributed by atoms with Crippen LogP contribution in [-0.4, -0.2) is 63.0 Å². The zero-order chi connectivity index (χ0) is 28.3. The zero-order valence-electron chi connectivity index (χ0n) is 23.3. The van der Waals surface area contributed by atoms with Crippen LogP contribution in [0.2, 0.25) is 0 Å². The van der Waals surface area contributed by atoms with Crippen LogP contribution in [0.3, 0.4) is 0 Å². The lowest BCUT2D eigenvalue weighted by molar-refractivity contribution is 0.0302. The smallest absolute Gasteiger partial charge is 0.319 e. The molecule has 1 aromatic carbocycles. The number of amides is 3. The van der Waals surface area contributed by atoms with Crippen molar-refractivity contribution < 1.29 is 14.3 Å². The van der Waals surface area contributed by atoms with Crippen LogP contribution in [-0.2, 0) is 4.74 Å². The minimum absolute atomic E-state index is 0.0455. The maximum Gasteiger partial charge on any atom is 0.319 e. The molecule has 0 bridgehead atoms. The molecule has 3 aromatic heterocycles. The Morgan fingerprint density at radius 1 is 1.07 bits per heavy atom. The number of rotatable bonds is 7. The molecule has 1 aliphatic heterocycles. The second-order valence-electron chi connectivity index (χ2n) is 10.6. The van der Waals surface area contributed by atoms with E-state index < -0.39 is 0 Å². The molecule has 3 N–H and O–H groups in total. The number of ether oxygens (including phenoxy) is 1. The summed E-state index contributed by atoms with van der Waals surface area (Å²) in [5.74, 6) is 0.554. The maximum atomic E-state index is 12.8. The SMILES string of the molecule is CCC(C)(C)NC(=O)Nc1cccc(-c2cc(Nc3ccc(C(=O)N4CCOCC4)cn3)c3nccn3c2)c1C. The lowest BCUT2D eigenvalue weighted by atomic mass is 10.00. The van der Waals surface area contributed by atoms with E-state index in [1.807, 2.05) is 68.8 Å². The van der Waals surface area contributed by atoms with Crippen LogP contribution in [0.25, 0.3) is 16.8 Å². The van der Waals surface area contributed by atoms with Gasteiger partial charge in [0.1, 0.15) is 5.82 Å². The average Bonchev–Trinajstić information content (AvgIpc) is 3.44. The summed E-state index contributed by atoms with van der Waals surface area (Å²) in [4.78, 5) is 36.2. The largest absolute Gasteiger partial charge is 0.378 e. The van der Waals surface area contributed by atoms with Crippen molar-refractivity contribution >= 4 is 34.8 Å². The Hall–Kier alpha value is -4.44. The number of fused-ring (bicyclic) bond motifs is 1. The lowest BCUT2D eigenvalue weighted by Gasteiger charge is -2.26. The third-order valence-electron chi connectivity index (χ3n) is 7.29. The molecule has 3 amide bonds. The highest BCUT2D eigenvalue weighted by molar-refractivity contribution is 5.94. The van der Waals surface area contributed by atoms with Gasteiger partial charge < -0.3 is 30.0 Å². The zero-order valence-corrected chi connectivity index (χ0v) is 23.3. The number of benzene rings is 1. The van der Waals surface area contributed by atoms with Crippen LogP contribution in [0.15, 0.2) is 61.2 Å². The topological polar surface area (TPSA) is 113 Å². The summed E-state index contributed by atoms with van der Waals surface area (Å²) < 4.78 is 7.29. The number of carbonyl (C=O) groups is 2. The molecule has 5 rings (SSSR count). The van der Waals surface area contributed by atoms with Crippen molar-refractivity contribution in [3.05, 3.63) is 72.3 Å². The normalized spacial score (nSPS) is 13.8. The van der Waals surface area contributed by atoms with E-state index in [4.69, 9.17) is 4.74 Å². The molecule has 0 radical (unpaired) electrons. The third-order valence-corrected chi connectivity index (χ3v) is 7.29. The molecule has 208 valence electrons. The van der Waals surface area contributed by atoms with Gasteiger partial charge >= 0.3 is 6.03 Å². The van der Waals surface area contributed by atoms with Crippen molar-refractivity contribution in [2.24, 2.45) is 0 Å². The summed E-state index contributed by atoms with van der Waals surface area (Å²) in [6.45, 7) is 10.3. The second-order valence-corrected chi connectivity index (χ2v) is 10.6. The van der Waals surface area contributed by atoms with Crippen molar-refractivity contribution in [2.45, 2.75) is 39.7 Å². The Morgan fingerprint density at radius 2 is 1.88 bits per heavy atom. The number of anilines is 3. The Labute approximate surface area is 233 Å². The van der Waals surface area contributed by atoms with Crippen molar-refractivity contribution in [1.29, 1.82) is 0 Å². The Balaban J connectivity index is 1.39. The fraction of sp³-hybridized carbons (Fsp3) is 0.333. The molecule has 1 aliphatic rings. The quantitative estimate of drug-likeness (QED) is 0.295. The number of nitrogens with one attached hydrogen (secondary N) is 3.